The number of hydrogen-bond donors (Lipinski definition) is 1. The zero-order chi connectivity index (χ0) is 9.68. The normalized spacial score (nSPS) is 12.2. The Morgan fingerprint density at radius 1 is 1.31 bits per heavy atom. The molecule has 0 aliphatic rings. The Balaban J connectivity index is 2.74. The van der Waals surface area contributed by atoms with Gasteiger partial charge in [0, 0.05) is 6.54 Å². The van der Waals surface area contributed by atoms with Crippen molar-refractivity contribution in [3.05, 3.63) is 24.3 Å². The maximum Gasteiger partial charge on any atom is 0.161 e. The zero-order valence-corrected chi connectivity index (χ0v) is 7.99. The van der Waals surface area contributed by atoms with Gasteiger partial charge in [0.15, 0.2) is 11.5 Å². The lowest BCUT2D eigenvalue weighted by Crippen LogP contribution is -2.22. The molecule has 3 nitrogen and oxygen atoms in total. The quantitative estimate of drug-likeness (QED) is 0.764. The summed E-state index contributed by atoms with van der Waals surface area (Å²) in [5.74, 6) is 1.48. The van der Waals surface area contributed by atoms with Crippen molar-refractivity contribution in [3.8, 4) is 11.5 Å². The lowest BCUT2D eigenvalue weighted by atomic mass is 10.3. The van der Waals surface area contributed by atoms with E-state index in [0.29, 0.717) is 6.54 Å². The molecule has 0 bridgehead atoms. The van der Waals surface area contributed by atoms with Crippen LogP contribution in [0.2, 0.25) is 0 Å². The van der Waals surface area contributed by atoms with Gasteiger partial charge in [0.25, 0.3) is 0 Å². The Labute approximate surface area is 78.5 Å². The first-order chi connectivity index (χ1) is 6.27. The lowest BCUT2D eigenvalue weighted by Gasteiger charge is -2.14. The van der Waals surface area contributed by atoms with Gasteiger partial charge in [-0.15, -0.1) is 0 Å². The minimum absolute atomic E-state index is 0.0105. The average Bonchev–Trinajstić information content (AvgIpc) is 2.18. The van der Waals surface area contributed by atoms with Crippen LogP contribution in [0.3, 0.4) is 0 Å². The van der Waals surface area contributed by atoms with Crippen molar-refractivity contribution in [2.75, 3.05) is 13.7 Å². The summed E-state index contributed by atoms with van der Waals surface area (Å²) in [5.41, 5.74) is 5.45. The van der Waals surface area contributed by atoms with Gasteiger partial charge in [-0.1, -0.05) is 12.1 Å². The summed E-state index contributed by atoms with van der Waals surface area (Å²) in [6, 6.07) is 7.53. The summed E-state index contributed by atoms with van der Waals surface area (Å²) in [5, 5.41) is 0. The summed E-state index contributed by atoms with van der Waals surface area (Å²) < 4.78 is 10.7. The Morgan fingerprint density at radius 3 is 2.46 bits per heavy atom. The molecule has 3 heteroatoms. The highest BCUT2D eigenvalue weighted by Gasteiger charge is 2.05. The second kappa shape index (κ2) is 4.72. The predicted octanol–water partition coefficient (Wildman–Crippen LogP) is 1.42. The molecule has 0 heterocycles. The zero-order valence-electron chi connectivity index (χ0n) is 7.99. The topological polar surface area (TPSA) is 44.5 Å². The van der Waals surface area contributed by atoms with E-state index >= 15 is 0 Å². The standard InChI is InChI=1S/C10H15NO2/c1-8(7-11)13-10-6-4-3-5-9(10)12-2/h3-6,8H,7,11H2,1-2H3/t8-/m0/s1. The van der Waals surface area contributed by atoms with Crippen molar-refractivity contribution in [3.63, 3.8) is 0 Å². The van der Waals surface area contributed by atoms with Crippen LogP contribution in [0.1, 0.15) is 6.92 Å². The fourth-order valence-electron chi connectivity index (χ4n) is 0.981. The fourth-order valence-corrected chi connectivity index (χ4v) is 0.981. The Kier molecular flexibility index (Phi) is 3.58. The second-order valence-electron chi connectivity index (χ2n) is 2.82. The van der Waals surface area contributed by atoms with Crippen molar-refractivity contribution in [2.45, 2.75) is 13.0 Å². The second-order valence-corrected chi connectivity index (χ2v) is 2.82. The molecule has 13 heavy (non-hydrogen) atoms. The molecule has 0 saturated heterocycles. The molecule has 0 radical (unpaired) electrons. The molecule has 0 spiro atoms. The number of nitrogens with two attached hydrogens (primary N) is 1. The van der Waals surface area contributed by atoms with Crippen LogP contribution in [0.4, 0.5) is 0 Å². The van der Waals surface area contributed by atoms with Gasteiger partial charge in [-0.2, -0.15) is 0 Å². The van der Waals surface area contributed by atoms with E-state index in [1.807, 2.05) is 31.2 Å². The first kappa shape index (κ1) is 9.86. The highest BCUT2D eigenvalue weighted by Crippen LogP contribution is 2.26. The summed E-state index contributed by atoms with van der Waals surface area (Å²) in [6.07, 6.45) is 0.0105. The number of methoxy groups -OCH3 is 1. The SMILES string of the molecule is COc1ccccc1O[C@@H](C)CN. The molecule has 72 valence electrons. The molecular weight excluding hydrogens is 166 g/mol. The van der Waals surface area contributed by atoms with Crippen LogP contribution in [0.25, 0.3) is 0 Å². The number of para-hydroxylation sites is 2. The van der Waals surface area contributed by atoms with Crippen molar-refractivity contribution in [2.24, 2.45) is 5.73 Å². The number of ether oxygens (including phenoxy) is 2. The van der Waals surface area contributed by atoms with Gasteiger partial charge < -0.3 is 15.2 Å². The van der Waals surface area contributed by atoms with E-state index < -0.39 is 0 Å². The third kappa shape index (κ3) is 2.63. The van der Waals surface area contributed by atoms with Crippen LogP contribution in [0.15, 0.2) is 24.3 Å². The van der Waals surface area contributed by atoms with E-state index in [-0.39, 0.29) is 6.10 Å². The van der Waals surface area contributed by atoms with E-state index in [4.69, 9.17) is 15.2 Å². The van der Waals surface area contributed by atoms with E-state index in [2.05, 4.69) is 0 Å². The van der Waals surface area contributed by atoms with Gasteiger partial charge in [0.2, 0.25) is 0 Å². The molecular formula is C10H15NO2. The summed E-state index contributed by atoms with van der Waals surface area (Å²) in [7, 11) is 1.62. The van der Waals surface area contributed by atoms with Crippen LogP contribution in [0, 0.1) is 0 Å². The van der Waals surface area contributed by atoms with Crippen molar-refractivity contribution in [1.29, 1.82) is 0 Å². The molecule has 2 N–H and O–H groups in total. The fraction of sp³-hybridized carbons (Fsp3) is 0.400. The molecule has 1 atom stereocenters. The van der Waals surface area contributed by atoms with Crippen LogP contribution >= 0.6 is 0 Å². The summed E-state index contributed by atoms with van der Waals surface area (Å²) in [6.45, 7) is 2.42. The van der Waals surface area contributed by atoms with E-state index in [9.17, 15) is 0 Å². The van der Waals surface area contributed by atoms with Gasteiger partial charge in [0.05, 0.1) is 7.11 Å². The number of hydrogen-bond acceptors (Lipinski definition) is 3. The molecule has 0 aliphatic heterocycles. The van der Waals surface area contributed by atoms with Crippen molar-refractivity contribution in [1.82, 2.24) is 0 Å². The van der Waals surface area contributed by atoms with Crippen molar-refractivity contribution < 1.29 is 9.47 Å². The molecule has 0 fully saturated rings. The van der Waals surface area contributed by atoms with Crippen LogP contribution in [0.5, 0.6) is 11.5 Å². The highest BCUT2D eigenvalue weighted by atomic mass is 16.5. The summed E-state index contributed by atoms with van der Waals surface area (Å²) in [4.78, 5) is 0. The molecule has 0 aromatic heterocycles. The molecule has 1 rings (SSSR count). The Bertz CT molecular complexity index is 263. The summed E-state index contributed by atoms with van der Waals surface area (Å²) >= 11 is 0. The molecule has 0 amide bonds. The third-order valence-electron chi connectivity index (χ3n) is 1.73. The van der Waals surface area contributed by atoms with Crippen LogP contribution in [-0.2, 0) is 0 Å². The van der Waals surface area contributed by atoms with Crippen molar-refractivity contribution >= 4 is 0 Å². The average molecular weight is 181 g/mol. The Morgan fingerprint density at radius 2 is 1.92 bits per heavy atom. The molecule has 0 unspecified atom stereocenters. The van der Waals surface area contributed by atoms with E-state index in [1.165, 1.54) is 0 Å². The monoisotopic (exact) mass is 181 g/mol. The smallest absolute Gasteiger partial charge is 0.161 e. The molecule has 0 saturated carbocycles. The first-order valence-corrected chi connectivity index (χ1v) is 4.27. The molecule has 1 aromatic rings. The van der Waals surface area contributed by atoms with Gasteiger partial charge in [-0.3, -0.25) is 0 Å². The van der Waals surface area contributed by atoms with Crippen LogP contribution < -0.4 is 15.2 Å². The maximum absolute atomic E-state index is 5.54. The number of rotatable bonds is 4. The van der Waals surface area contributed by atoms with Gasteiger partial charge in [0.1, 0.15) is 6.10 Å². The maximum atomic E-state index is 5.54. The minimum Gasteiger partial charge on any atom is -0.493 e. The van der Waals surface area contributed by atoms with E-state index in [0.717, 1.165) is 11.5 Å². The number of benzene rings is 1. The van der Waals surface area contributed by atoms with Gasteiger partial charge in [-0.05, 0) is 19.1 Å². The molecule has 1 aromatic carbocycles. The third-order valence-corrected chi connectivity index (χ3v) is 1.73. The van der Waals surface area contributed by atoms with Gasteiger partial charge >= 0.3 is 0 Å². The first-order valence-electron chi connectivity index (χ1n) is 4.27. The predicted molar refractivity (Wildman–Crippen MR) is 52.1 cm³/mol. The lowest BCUT2D eigenvalue weighted by molar-refractivity contribution is 0.219. The minimum atomic E-state index is 0.0105. The van der Waals surface area contributed by atoms with Gasteiger partial charge in [-0.25, -0.2) is 0 Å². The van der Waals surface area contributed by atoms with Crippen LogP contribution in [-0.4, -0.2) is 19.8 Å². The molecule has 0 aliphatic carbocycles. The highest BCUT2D eigenvalue weighted by molar-refractivity contribution is 5.39. The van der Waals surface area contributed by atoms with E-state index in [1.54, 1.807) is 7.11 Å². The largest absolute Gasteiger partial charge is 0.493 e. The Hall–Kier alpha value is -1.22.